The van der Waals surface area contributed by atoms with E-state index in [2.05, 4.69) is 10.2 Å². The maximum Gasteiger partial charge on any atom is 0.248 e. The highest BCUT2D eigenvalue weighted by atomic mass is 16.1. The van der Waals surface area contributed by atoms with Crippen LogP contribution in [0.5, 0.6) is 0 Å². The minimum atomic E-state index is -0.394. The second-order valence-corrected chi connectivity index (χ2v) is 5.30. The third-order valence-corrected chi connectivity index (χ3v) is 4.02. The van der Waals surface area contributed by atoms with Gasteiger partial charge in [-0.3, -0.25) is 9.89 Å². The Bertz CT molecular complexity index is 890. The lowest BCUT2D eigenvalue weighted by molar-refractivity contribution is 0.0999. The van der Waals surface area contributed by atoms with Crippen LogP contribution < -0.4 is 5.73 Å². The highest BCUT2D eigenvalue weighted by Crippen LogP contribution is 2.21. The van der Waals surface area contributed by atoms with Gasteiger partial charge in [0.05, 0.1) is 11.2 Å². The first-order chi connectivity index (χ1) is 10.6. The number of aromatic nitrogens is 2. The molecule has 0 aliphatic carbocycles. The van der Waals surface area contributed by atoms with E-state index in [9.17, 15) is 4.79 Å². The minimum Gasteiger partial charge on any atom is -0.366 e. The molecule has 0 radical (unpaired) electrons. The third kappa shape index (κ3) is 2.39. The molecule has 3 N–H and O–H groups in total. The van der Waals surface area contributed by atoms with Crippen molar-refractivity contribution >= 4 is 29.0 Å². The monoisotopic (exact) mass is 291 g/mol. The molecule has 0 unspecified atom stereocenters. The molecule has 0 aliphatic heterocycles. The van der Waals surface area contributed by atoms with Gasteiger partial charge in [-0.15, -0.1) is 0 Å². The number of carbonyl (C=O) groups is 1. The zero-order valence-electron chi connectivity index (χ0n) is 12.6. The molecule has 0 bridgehead atoms. The quantitative estimate of drug-likeness (QED) is 0.775. The number of H-pyrrole nitrogens is 1. The van der Waals surface area contributed by atoms with Crippen molar-refractivity contribution in [3.8, 4) is 0 Å². The van der Waals surface area contributed by atoms with E-state index in [0.29, 0.717) is 5.56 Å². The van der Waals surface area contributed by atoms with Crippen molar-refractivity contribution in [3.05, 3.63) is 64.3 Å². The van der Waals surface area contributed by atoms with Crippen molar-refractivity contribution in [1.82, 2.24) is 10.2 Å². The van der Waals surface area contributed by atoms with Gasteiger partial charge in [0, 0.05) is 10.9 Å². The summed E-state index contributed by atoms with van der Waals surface area (Å²) in [5, 5.41) is 8.42. The normalized spacial score (nSPS) is 11.4. The van der Waals surface area contributed by atoms with Crippen molar-refractivity contribution in [2.45, 2.75) is 13.8 Å². The first-order valence-corrected chi connectivity index (χ1v) is 7.09. The van der Waals surface area contributed by atoms with Crippen LogP contribution in [0.2, 0.25) is 0 Å². The second kappa shape index (κ2) is 5.48. The predicted molar refractivity (Wildman–Crippen MR) is 89.5 cm³/mol. The summed E-state index contributed by atoms with van der Waals surface area (Å²) in [5.41, 5.74) is 10.9. The average Bonchev–Trinajstić information content (AvgIpc) is 2.92. The van der Waals surface area contributed by atoms with E-state index in [0.717, 1.165) is 33.3 Å². The number of nitrogens with zero attached hydrogens (tertiary/aromatic N) is 1. The van der Waals surface area contributed by atoms with Gasteiger partial charge in [0.1, 0.15) is 0 Å². The number of amides is 1. The molecule has 0 saturated heterocycles. The Labute approximate surface area is 128 Å². The molecule has 3 rings (SSSR count). The van der Waals surface area contributed by atoms with E-state index in [-0.39, 0.29) is 0 Å². The molecule has 2 aromatic carbocycles. The number of hydrogen-bond acceptors (Lipinski definition) is 2. The number of hydrogen-bond donors (Lipinski definition) is 2. The maximum atomic E-state index is 11.4. The third-order valence-electron chi connectivity index (χ3n) is 4.02. The standard InChI is InChI=1S/C18H17N3O/c1-11-12(2)14(18(19)22)9-7-13(11)8-10-17-15-5-3-4-6-16(15)20-21-17/h3-10H,1-2H3,(H2,19,22)(H,20,21). The number of fused-ring (bicyclic) bond motifs is 1. The molecule has 1 aromatic heterocycles. The van der Waals surface area contributed by atoms with E-state index in [1.165, 1.54) is 0 Å². The molecular formula is C18H17N3O. The van der Waals surface area contributed by atoms with E-state index in [1.54, 1.807) is 6.07 Å². The smallest absolute Gasteiger partial charge is 0.248 e. The molecule has 0 spiro atoms. The van der Waals surface area contributed by atoms with Crippen LogP contribution in [0.3, 0.4) is 0 Å². The Morgan fingerprint density at radius 3 is 2.64 bits per heavy atom. The van der Waals surface area contributed by atoms with Gasteiger partial charge in [0.2, 0.25) is 5.91 Å². The van der Waals surface area contributed by atoms with Gasteiger partial charge in [-0.2, -0.15) is 5.10 Å². The number of primary amides is 1. The molecule has 0 atom stereocenters. The minimum absolute atomic E-state index is 0.394. The van der Waals surface area contributed by atoms with Gasteiger partial charge in [-0.1, -0.05) is 30.3 Å². The van der Waals surface area contributed by atoms with Crippen LogP contribution in [0.4, 0.5) is 0 Å². The Balaban J connectivity index is 1.99. The fourth-order valence-corrected chi connectivity index (χ4v) is 2.57. The number of rotatable bonds is 3. The van der Waals surface area contributed by atoms with E-state index in [4.69, 9.17) is 5.73 Å². The Hall–Kier alpha value is -2.88. The SMILES string of the molecule is Cc1c(C=Cc2n[nH]c3ccccc23)ccc(C(N)=O)c1C. The van der Waals surface area contributed by atoms with Crippen LogP contribution >= 0.6 is 0 Å². The topological polar surface area (TPSA) is 71.8 Å². The summed E-state index contributed by atoms with van der Waals surface area (Å²) >= 11 is 0. The number of nitrogens with one attached hydrogen (secondary N) is 1. The fraction of sp³-hybridized carbons (Fsp3) is 0.111. The van der Waals surface area contributed by atoms with E-state index >= 15 is 0 Å². The van der Waals surface area contributed by atoms with Gasteiger partial charge < -0.3 is 5.73 Å². The van der Waals surface area contributed by atoms with Crippen LogP contribution in [0.1, 0.15) is 32.7 Å². The summed E-state index contributed by atoms with van der Waals surface area (Å²) in [7, 11) is 0. The van der Waals surface area contributed by atoms with Crippen molar-refractivity contribution < 1.29 is 4.79 Å². The number of nitrogens with two attached hydrogens (primary N) is 1. The molecular weight excluding hydrogens is 274 g/mol. The Morgan fingerprint density at radius 1 is 1.09 bits per heavy atom. The van der Waals surface area contributed by atoms with Crippen molar-refractivity contribution in [1.29, 1.82) is 0 Å². The van der Waals surface area contributed by atoms with Crippen LogP contribution in [-0.4, -0.2) is 16.1 Å². The van der Waals surface area contributed by atoms with Gasteiger partial charge in [0.25, 0.3) is 0 Å². The lowest BCUT2D eigenvalue weighted by Crippen LogP contribution is -2.13. The van der Waals surface area contributed by atoms with Gasteiger partial charge in [0.15, 0.2) is 0 Å². The van der Waals surface area contributed by atoms with Crippen LogP contribution in [-0.2, 0) is 0 Å². The first kappa shape index (κ1) is 14.1. The average molecular weight is 291 g/mol. The van der Waals surface area contributed by atoms with Crippen molar-refractivity contribution in [2.24, 2.45) is 5.73 Å². The van der Waals surface area contributed by atoms with Crippen LogP contribution in [0.15, 0.2) is 36.4 Å². The molecule has 4 heteroatoms. The molecule has 3 aromatic rings. The molecule has 1 amide bonds. The van der Waals surface area contributed by atoms with E-state index in [1.807, 2.05) is 56.3 Å². The second-order valence-electron chi connectivity index (χ2n) is 5.30. The molecule has 0 fully saturated rings. The Kier molecular flexibility index (Phi) is 3.51. The van der Waals surface area contributed by atoms with Crippen LogP contribution in [0, 0.1) is 13.8 Å². The van der Waals surface area contributed by atoms with Crippen LogP contribution in [0.25, 0.3) is 23.1 Å². The van der Waals surface area contributed by atoms with Crippen molar-refractivity contribution in [3.63, 3.8) is 0 Å². The molecule has 1 heterocycles. The number of benzene rings is 2. The molecule has 4 nitrogen and oxygen atoms in total. The first-order valence-electron chi connectivity index (χ1n) is 7.09. The lowest BCUT2D eigenvalue weighted by Gasteiger charge is -2.08. The summed E-state index contributed by atoms with van der Waals surface area (Å²) in [4.78, 5) is 11.4. The molecule has 110 valence electrons. The number of aromatic amines is 1. The predicted octanol–water partition coefficient (Wildman–Crippen LogP) is 3.45. The molecule has 22 heavy (non-hydrogen) atoms. The Morgan fingerprint density at radius 2 is 1.86 bits per heavy atom. The summed E-state index contributed by atoms with van der Waals surface area (Å²) in [6.45, 7) is 3.90. The van der Waals surface area contributed by atoms with Gasteiger partial charge in [-0.25, -0.2) is 0 Å². The largest absolute Gasteiger partial charge is 0.366 e. The van der Waals surface area contributed by atoms with Gasteiger partial charge in [-0.05, 0) is 48.7 Å². The summed E-state index contributed by atoms with van der Waals surface area (Å²) in [6.07, 6.45) is 3.99. The van der Waals surface area contributed by atoms with E-state index < -0.39 is 5.91 Å². The fourth-order valence-electron chi connectivity index (χ4n) is 2.57. The number of carbonyl (C=O) groups excluding carboxylic acids is 1. The highest BCUT2D eigenvalue weighted by Gasteiger charge is 2.09. The number of para-hydroxylation sites is 1. The lowest BCUT2D eigenvalue weighted by atomic mass is 9.97. The zero-order chi connectivity index (χ0) is 15.7. The molecule has 0 aliphatic rings. The zero-order valence-corrected chi connectivity index (χ0v) is 12.6. The van der Waals surface area contributed by atoms with Crippen molar-refractivity contribution in [2.75, 3.05) is 0 Å². The molecule has 0 saturated carbocycles. The summed E-state index contributed by atoms with van der Waals surface area (Å²) < 4.78 is 0. The summed E-state index contributed by atoms with van der Waals surface area (Å²) in [5.74, 6) is -0.394. The summed E-state index contributed by atoms with van der Waals surface area (Å²) in [6, 6.07) is 11.7. The highest BCUT2D eigenvalue weighted by molar-refractivity contribution is 5.95. The maximum absolute atomic E-state index is 11.4. The van der Waals surface area contributed by atoms with Gasteiger partial charge >= 0.3 is 0 Å².